The zero-order valence-corrected chi connectivity index (χ0v) is 9.56. The van der Waals surface area contributed by atoms with E-state index < -0.39 is 0 Å². The number of hydrogen-bond donors (Lipinski definition) is 1. The number of hydrogen-bond acceptors (Lipinski definition) is 5. The molecule has 1 aliphatic carbocycles. The molecule has 5 heteroatoms. The van der Waals surface area contributed by atoms with Gasteiger partial charge in [-0.1, -0.05) is 11.6 Å². The lowest BCUT2D eigenvalue weighted by Crippen LogP contribution is -2.39. The van der Waals surface area contributed by atoms with Crippen molar-refractivity contribution in [2.24, 2.45) is 11.1 Å². The van der Waals surface area contributed by atoms with Gasteiger partial charge in [0.2, 0.25) is 11.7 Å². The first-order chi connectivity index (χ1) is 8.31. The molecule has 2 N–H and O–H groups in total. The van der Waals surface area contributed by atoms with Crippen LogP contribution in [0.15, 0.2) is 27.3 Å². The Kier molecular flexibility index (Phi) is 2.48. The van der Waals surface area contributed by atoms with E-state index in [9.17, 15) is 0 Å². The Morgan fingerprint density at radius 1 is 1.41 bits per heavy atom. The first-order valence-electron chi connectivity index (χ1n) is 5.88. The summed E-state index contributed by atoms with van der Waals surface area (Å²) in [6.45, 7) is 0.686. The first kappa shape index (κ1) is 10.5. The molecule has 2 heterocycles. The summed E-state index contributed by atoms with van der Waals surface area (Å²) in [5.74, 6) is 1.80. The predicted octanol–water partition coefficient (Wildman–Crippen LogP) is 2.00. The Bertz CT molecular complexity index is 480. The Balaban J connectivity index is 1.77. The first-order valence-corrected chi connectivity index (χ1v) is 5.88. The van der Waals surface area contributed by atoms with Gasteiger partial charge in [0.15, 0.2) is 5.76 Å². The van der Waals surface area contributed by atoms with Gasteiger partial charge in [0.05, 0.1) is 6.26 Å². The van der Waals surface area contributed by atoms with Crippen molar-refractivity contribution in [3.63, 3.8) is 0 Å². The highest BCUT2D eigenvalue weighted by molar-refractivity contribution is 5.44. The van der Waals surface area contributed by atoms with E-state index in [1.54, 1.807) is 12.3 Å². The molecule has 1 fully saturated rings. The SMILES string of the molecule is NCC1(Cc2nc(-c3ccco3)no2)CCC1. The number of aromatic nitrogens is 2. The van der Waals surface area contributed by atoms with E-state index >= 15 is 0 Å². The minimum Gasteiger partial charge on any atom is -0.461 e. The minimum atomic E-state index is 0.187. The van der Waals surface area contributed by atoms with Gasteiger partial charge >= 0.3 is 0 Å². The van der Waals surface area contributed by atoms with Gasteiger partial charge in [0.1, 0.15) is 0 Å². The zero-order chi connectivity index (χ0) is 11.7. The molecule has 0 saturated heterocycles. The lowest BCUT2D eigenvalue weighted by Gasteiger charge is -2.39. The molecule has 0 amide bonds. The van der Waals surface area contributed by atoms with Gasteiger partial charge in [0, 0.05) is 6.42 Å². The molecule has 0 atom stereocenters. The van der Waals surface area contributed by atoms with Crippen LogP contribution in [0.4, 0.5) is 0 Å². The molecule has 0 aromatic carbocycles. The fraction of sp³-hybridized carbons (Fsp3) is 0.500. The van der Waals surface area contributed by atoms with Crippen LogP contribution < -0.4 is 5.73 Å². The molecule has 2 aromatic rings. The fourth-order valence-corrected chi connectivity index (χ4v) is 2.28. The molecule has 0 aliphatic heterocycles. The maximum absolute atomic E-state index is 5.81. The normalized spacial score (nSPS) is 17.9. The van der Waals surface area contributed by atoms with Crippen molar-refractivity contribution in [3.05, 3.63) is 24.3 Å². The third-order valence-corrected chi connectivity index (χ3v) is 3.58. The monoisotopic (exact) mass is 233 g/mol. The second kappa shape index (κ2) is 4.00. The fourth-order valence-electron chi connectivity index (χ4n) is 2.28. The number of nitrogens with zero attached hydrogens (tertiary/aromatic N) is 2. The van der Waals surface area contributed by atoms with Crippen LogP contribution in [0, 0.1) is 5.41 Å². The van der Waals surface area contributed by atoms with E-state index in [0.717, 1.165) is 19.3 Å². The number of rotatable bonds is 4. The van der Waals surface area contributed by atoms with E-state index in [0.29, 0.717) is 24.0 Å². The van der Waals surface area contributed by atoms with Gasteiger partial charge in [-0.25, -0.2) is 0 Å². The van der Waals surface area contributed by atoms with Gasteiger partial charge in [-0.3, -0.25) is 0 Å². The van der Waals surface area contributed by atoms with Crippen LogP contribution in [0.5, 0.6) is 0 Å². The molecule has 0 unspecified atom stereocenters. The van der Waals surface area contributed by atoms with E-state index in [2.05, 4.69) is 10.1 Å². The smallest absolute Gasteiger partial charge is 0.238 e. The molecule has 5 nitrogen and oxygen atoms in total. The summed E-state index contributed by atoms with van der Waals surface area (Å²) in [7, 11) is 0. The minimum absolute atomic E-state index is 0.187. The third-order valence-electron chi connectivity index (χ3n) is 3.58. The summed E-state index contributed by atoms with van der Waals surface area (Å²) in [6.07, 6.45) is 5.93. The van der Waals surface area contributed by atoms with Crippen LogP contribution in [0.25, 0.3) is 11.6 Å². The van der Waals surface area contributed by atoms with Crippen molar-refractivity contribution in [1.82, 2.24) is 10.1 Å². The highest BCUT2D eigenvalue weighted by Gasteiger charge is 2.37. The maximum Gasteiger partial charge on any atom is 0.238 e. The van der Waals surface area contributed by atoms with Crippen LogP contribution >= 0.6 is 0 Å². The third kappa shape index (κ3) is 1.86. The van der Waals surface area contributed by atoms with Crippen LogP contribution in [-0.4, -0.2) is 16.7 Å². The Morgan fingerprint density at radius 2 is 2.29 bits per heavy atom. The summed E-state index contributed by atoms with van der Waals surface area (Å²) < 4.78 is 10.5. The average molecular weight is 233 g/mol. The molecule has 0 spiro atoms. The molecule has 90 valence electrons. The van der Waals surface area contributed by atoms with E-state index in [-0.39, 0.29) is 5.41 Å². The van der Waals surface area contributed by atoms with Crippen LogP contribution in [-0.2, 0) is 6.42 Å². The molecule has 17 heavy (non-hydrogen) atoms. The predicted molar refractivity (Wildman–Crippen MR) is 61.0 cm³/mol. The van der Waals surface area contributed by atoms with Gasteiger partial charge in [-0.05, 0) is 36.9 Å². The van der Waals surface area contributed by atoms with E-state index in [1.165, 1.54) is 6.42 Å². The Labute approximate surface area is 99.0 Å². The molecule has 1 aliphatic rings. The molecule has 3 rings (SSSR count). The molecule has 0 radical (unpaired) electrons. The quantitative estimate of drug-likeness (QED) is 0.873. The summed E-state index contributed by atoms with van der Waals surface area (Å²) in [5, 5.41) is 3.91. The van der Waals surface area contributed by atoms with Crippen LogP contribution in [0.2, 0.25) is 0 Å². The van der Waals surface area contributed by atoms with Crippen molar-refractivity contribution in [2.75, 3.05) is 6.54 Å². The molecular formula is C12H15N3O2. The van der Waals surface area contributed by atoms with E-state index in [4.69, 9.17) is 14.7 Å². The molecule has 0 bridgehead atoms. The molecule has 2 aromatic heterocycles. The number of furan rings is 1. The van der Waals surface area contributed by atoms with Gasteiger partial charge < -0.3 is 14.7 Å². The van der Waals surface area contributed by atoms with Gasteiger partial charge in [-0.15, -0.1) is 0 Å². The van der Waals surface area contributed by atoms with Crippen molar-refractivity contribution < 1.29 is 8.94 Å². The Morgan fingerprint density at radius 3 is 2.88 bits per heavy atom. The molecular weight excluding hydrogens is 218 g/mol. The highest BCUT2D eigenvalue weighted by Crippen LogP contribution is 2.42. The van der Waals surface area contributed by atoms with Crippen molar-refractivity contribution in [1.29, 1.82) is 0 Å². The summed E-state index contributed by atoms with van der Waals surface area (Å²) in [4.78, 5) is 4.34. The van der Waals surface area contributed by atoms with Crippen LogP contribution in [0.3, 0.4) is 0 Å². The second-order valence-electron chi connectivity index (χ2n) is 4.72. The standard InChI is InChI=1S/C12H15N3O2/c13-8-12(4-2-5-12)7-10-14-11(15-17-10)9-3-1-6-16-9/h1,3,6H,2,4-5,7-8,13H2. The lowest BCUT2D eigenvalue weighted by atomic mass is 9.67. The van der Waals surface area contributed by atoms with Crippen molar-refractivity contribution in [2.45, 2.75) is 25.7 Å². The largest absolute Gasteiger partial charge is 0.461 e. The summed E-state index contributed by atoms with van der Waals surface area (Å²) >= 11 is 0. The van der Waals surface area contributed by atoms with Crippen molar-refractivity contribution >= 4 is 0 Å². The van der Waals surface area contributed by atoms with Crippen LogP contribution in [0.1, 0.15) is 25.2 Å². The zero-order valence-electron chi connectivity index (χ0n) is 9.56. The lowest BCUT2D eigenvalue weighted by molar-refractivity contribution is 0.129. The second-order valence-corrected chi connectivity index (χ2v) is 4.72. The maximum atomic E-state index is 5.81. The van der Waals surface area contributed by atoms with Gasteiger partial charge in [0.25, 0.3) is 0 Å². The van der Waals surface area contributed by atoms with E-state index in [1.807, 2.05) is 6.07 Å². The number of nitrogens with two attached hydrogens (primary N) is 1. The van der Waals surface area contributed by atoms with Crippen molar-refractivity contribution in [3.8, 4) is 11.6 Å². The Hall–Kier alpha value is -1.62. The average Bonchev–Trinajstić information content (AvgIpc) is 2.94. The topological polar surface area (TPSA) is 78.1 Å². The molecule has 1 saturated carbocycles. The highest BCUT2D eigenvalue weighted by atomic mass is 16.5. The summed E-state index contributed by atoms with van der Waals surface area (Å²) in [5.41, 5.74) is 6.00. The summed E-state index contributed by atoms with van der Waals surface area (Å²) in [6, 6.07) is 3.62. The van der Waals surface area contributed by atoms with Gasteiger partial charge in [-0.2, -0.15) is 4.98 Å².